The predicted octanol–water partition coefficient (Wildman–Crippen LogP) is 3.67. The molecule has 0 spiro atoms. The van der Waals surface area contributed by atoms with Crippen molar-refractivity contribution in [1.82, 2.24) is 14.1 Å². The van der Waals surface area contributed by atoms with E-state index in [2.05, 4.69) is 4.98 Å². The molecule has 0 aliphatic heterocycles. The van der Waals surface area contributed by atoms with E-state index in [1.165, 1.54) is 22.6 Å². The zero-order chi connectivity index (χ0) is 25.0. The third-order valence-electron chi connectivity index (χ3n) is 5.39. The van der Waals surface area contributed by atoms with Crippen LogP contribution in [0.15, 0.2) is 46.2 Å². The molecule has 1 amide bonds. The molecule has 0 fully saturated rings. The maximum atomic E-state index is 13.8. The summed E-state index contributed by atoms with van der Waals surface area (Å²) >= 11 is 6.53. The number of carbonyl (C=O) groups excluding carboxylic acids is 1. The van der Waals surface area contributed by atoms with Crippen LogP contribution in [0.5, 0.6) is 5.75 Å². The quantitative estimate of drug-likeness (QED) is 0.477. The van der Waals surface area contributed by atoms with E-state index in [9.17, 15) is 14.4 Å². The van der Waals surface area contributed by atoms with Crippen LogP contribution in [0.3, 0.4) is 0 Å². The van der Waals surface area contributed by atoms with Crippen molar-refractivity contribution in [2.24, 2.45) is 5.92 Å². The zero-order valence-electron chi connectivity index (χ0n) is 19.8. The van der Waals surface area contributed by atoms with Crippen molar-refractivity contribution >= 4 is 29.0 Å². The number of rotatable bonds is 9. The number of aromatic amines is 1. The zero-order valence-corrected chi connectivity index (χ0v) is 20.6. The lowest BCUT2D eigenvalue weighted by Gasteiger charge is -2.27. The first-order chi connectivity index (χ1) is 16.2. The van der Waals surface area contributed by atoms with Crippen LogP contribution < -0.4 is 26.6 Å². The Balaban J connectivity index is 2.17. The van der Waals surface area contributed by atoms with Gasteiger partial charge in [-0.15, -0.1) is 0 Å². The van der Waals surface area contributed by atoms with Gasteiger partial charge < -0.3 is 19.9 Å². The molecule has 182 valence electrons. The highest BCUT2D eigenvalue weighted by Crippen LogP contribution is 2.32. The molecule has 0 bridgehead atoms. The van der Waals surface area contributed by atoms with E-state index in [4.69, 9.17) is 22.1 Å². The largest absolute Gasteiger partial charge is 0.496 e. The first kappa shape index (κ1) is 25.2. The number of halogens is 1. The van der Waals surface area contributed by atoms with Gasteiger partial charge >= 0.3 is 5.69 Å². The molecule has 2 heterocycles. The Labute approximate surface area is 202 Å². The molecule has 2 aromatic heterocycles. The number of nitrogens with two attached hydrogens (primary N) is 1. The number of amides is 1. The van der Waals surface area contributed by atoms with E-state index < -0.39 is 17.2 Å². The van der Waals surface area contributed by atoms with Crippen molar-refractivity contribution in [3.05, 3.63) is 68.1 Å². The Morgan fingerprint density at radius 3 is 2.50 bits per heavy atom. The summed E-state index contributed by atoms with van der Waals surface area (Å²) in [6.07, 6.45) is 5.18. The fraction of sp³-hybridized carbons (Fsp3) is 0.375. The maximum Gasteiger partial charge on any atom is 0.330 e. The molecule has 1 aromatic carbocycles. The van der Waals surface area contributed by atoms with Crippen molar-refractivity contribution in [1.29, 1.82) is 0 Å². The summed E-state index contributed by atoms with van der Waals surface area (Å²) in [7, 11) is 1.46. The summed E-state index contributed by atoms with van der Waals surface area (Å²) in [5, 5.41) is 0.333. The lowest BCUT2D eigenvalue weighted by Crippen LogP contribution is -2.42. The summed E-state index contributed by atoms with van der Waals surface area (Å²) in [6.45, 7) is 6.33. The summed E-state index contributed by atoms with van der Waals surface area (Å²) in [6, 6.07) is 6.89. The van der Waals surface area contributed by atoms with Gasteiger partial charge in [0, 0.05) is 31.5 Å². The summed E-state index contributed by atoms with van der Waals surface area (Å²) in [5.41, 5.74) is 5.72. The third-order valence-corrected chi connectivity index (χ3v) is 5.70. The fourth-order valence-corrected chi connectivity index (χ4v) is 4.00. The van der Waals surface area contributed by atoms with E-state index in [0.29, 0.717) is 29.4 Å². The maximum absolute atomic E-state index is 13.8. The SMILES string of the molecule is CCCCn1c(N)c(N(CC(C)C)C(=O)c2cc(Cl)c(-n3cccc3)cc2OC)c(=O)[nH]c1=O. The molecule has 0 radical (unpaired) electrons. The second-order valence-corrected chi connectivity index (χ2v) is 8.81. The molecule has 0 saturated carbocycles. The average molecular weight is 488 g/mol. The Hall–Kier alpha value is -3.46. The second-order valence-electron chi connectivity index (χ2n) is 8.40. The van der Waals surface area contributed by atoms with Gasteiger partial charge in [-0.25, -0.2) is 4.79 Å². The van der Waals surface area contributed by atoms with Gasteiger partial charge in [-0.3, -0.25) is 19.1 Å². The van der Waals surface area contributed by atoms with E-state index in [0.717, 1.165) is 6.42 Å². The monoisotopic (exact) mass is 487 g/mol. The molecule has 0 aliphatic carbocycles. The molecule has 3 aromatic rings. The summed E-state index contributed by atoms with van der Waals surface area (Å²) in [5.74, 6) is -0.268. The Kier molecular flexibility index (Phi) is 7.88. The Bertz CT molecular complexity index is 1280. The van der Waals surface area contributed by atoms with E-state index in [1.54, 1.807) is 10.6 Å². The second kappa shape index (κ2) is 10.6. The topological polar surface area (TPSA) is 115 Å². The van der Waals surface area contributed by atoms with Crippen LogP contribution in [0.1, 0.15) is 44.0 Å². The highest BCUT2D eigenvalue weighted by atomic mass is 35.5. The highest BCUT2D eigenvalue weighted by Gasteiger charge is 2.28. The predicted molar refractivity (Wildman–Crippen MR) is 134 cm³/mol. The van der Waals surface area contributed by atoms with Crippen molar-refractivity contribution in [2.75, 3.05) is 24.3 Å². The minimum atomic E-state index is -0.724. The number of benzene rings is 1. The van der Waals surface area contributed by atoms with Gasteiger partial charge in [0.2, 0.25) is 0 Å². The number of hydrogen-bond acceptors (Lipinski definition) is 5. The minimum Gasteiger partial charge on any atom is -0.496 e. The molecule has 0 atom stereocenters. The summed E-state index contributed by atoms with van der Waals surface area (Å²) in [4.78, 5) is 42.7. The van der Waals surface area contributed by atoms with Gasteiger partial charge in [-0.1, -0.05) is 38.8 Å². The smallest absolute Gasteiger partial charge is 0.330 e. The van der Waals surface area contributed by atoms with Crippen molar-refractivity contribution < 1.29 is 9.53 Å². The molecular formula is C24H30ClN5O4. The first-order valence-electron chi connectivity index (χ1n) is 11.1. The first-order valence-corrected chi connectivity index (χ1v) is 11.5. The number of nitrogens with one attached hydrogen (secondary N) is 1. The van der Waals surface area contributed by atoms with Gasteiger partial charge in [-0.05, 0) is 30.5 Å². The number of ether oxygens (including phenoxy) is 1. The number of H-pyrrole nitrogens is 1. The van der Waals surface area contributed by atoms with Crippen LogP contribution in [0, 0.1) is 5.92 Å². The van der Waals surface area contributed by atoms with E-state index in [1.807, 2.05) is 45.3 Å². The van der Waals surface area contributed by atoms with Crippen LogP contribution in [-0.2, 0) is 6.54 Å². The number of anilines is 2. The molecule has 0 unspecified atom stereocenters. The minimum absolute atomic E-state index is 0.000570. The van der Waals surface area contributed by atoms with E-state index in [-0.39, 0.29) is 29.5 Å². The van der Waals surface area contributed by atoms with Crippen molar-refractivity contribution in [3.8, 4) is 11.4 Å². The lowest BCUT2D eigenvalue weighted by atomic mass is 10.1. The number of methoxy groups -OCH3 is 1. The normalized spacial score (nSPS) is 11.1. The van der Waals surface area contributed by atoms with E-state index >= 15 is 0 Å². The van der Waals surface area contributed by atoms with Crippen LogP contribution >= 0.6 is 11.6 Å². The van der Waals surface area contributed by atoms with Gasteiger partial charge in [0.1, 0.15) is 11.6 Å². The number of unbranched alkanes of at least 4 members (excludes halogenated alkanes) is 1. The van der Waals surface area contributed by atoms with Gasteiger partial charge in [0.05, 0.1) is 23.4 Å². The molecule has 9 nitrogen and oxygen atoms in total. The van der Waals surface area contributed by atoms with Crippen LogP contribution in [0.4, 0.5) is 11.5 Å². The molecule has 3 N–H and O–H groups in total. The molecule has 10 heteroatoms. The lowest BCUT2D eigenvalue weighted by molar-refractivity contribution is 0.0980. The van der Waals surface area contributed by atoms with Crippen LogP contribution in [0.2, 0.25) is 5.02 Å². The number of aromatic nitrogens is 3. The number of hydrogen-bond donors (Lipinski definition) is 2. The Morgan fingerprint density at radius 1 is 1.24 bits per heavy atom. The molecule has 0 saturated heterocycles. The number of nitrogens with zero attached hydrogens (tertiary/aromatic N) is 3. The van der Waals surface area contributed by atoms with Gasteiger partial charge in [-0.2, -0.15) is 0 Å². The summed E-state index contributed by atoms with van der Waals surface area (Å²) < 4.78 is 8.61. The standard InChI is InChI=1S/C24H30ClN5O4/c1-5-6-11-29-21(26)20(22(31)27-24(29)33)30(14-15(2)3)23(32)16-12-17(25)18(13-19(16)34-4)28-9-7-8-10-28/h7-10,12-13,15H,5-6,11,14,26H2,1-4H3,(H,27,31,33). The van der Waals surface area contributed by atoms with Crippen molar-refractivity contribution in [2.45, 2.75) is 40.2 Å². The van der Waals surface area contributed by atoms with Gasteiger partial charge in [0.15, 0.2) is 5.69 Å². The molecular weight excluding hydrogens is 458 g/mol. The number of carbonyl (C=O) groups is 1. The molecule has 0 aliphatic rings. The number of nitrogen functional groups attached to an aromatic ring is 1. The van der Waals surface area contributed by atoms with Crippen LogP contribution in [0.25, 0.3) is 5.69 Å². The Morgan fingerprint density at radius 2 is 1.91 bits per heavy atom. The fourth-order valence-electron chi connectivity index (χ4n) is 3.73. The average Bonchev–Trinajstić information content (AvgIpc) is 3.32. The third kappa shape index (κ3) is 5.04. The van der Waals surface area contributed by atoms with Gasteiger partial charge in [0.25, 0.3) is 11.5 Å². The van der Waals surface area contributed by atoms with Crippen LogP contribution in [-0.4, -0.2) is 33.7 Å². The molecule has 34 heavy (non-hydrogen) atoms. The highest BCUT2D eigenvalue weighted by molar-refractivity contribution is 6.33. The molecule has 3 rings (SSSR count). The van der Waals surface area contributed by atoms with Crippen molar-refractivity contribution in [3.63, 3.8) is 0 Å².